The Hall–Kier alpha value is -0.110. The molecule has 1 saturated heterocycles. The van der Waals surface area contributed by atoms with Crippen LogP contribution in [0.25, 0.3) is 0 Å². The van der Waals surface area contributed by atoms with E-state index in [9.17, 15) is 4.39 Å². The Bertz CT molecular complexity index is 138. The molecular weight excluding hydrogens is 153 g/mol. The van der Waals surface area contributed by atoms with E-state index in [4.69, 9.17) is 0 Å². The highest BCUT2D eigenvalue weighted by molar-refractivity contribution is 4.86. The van der Waals surface area contributed by atoms with Crippen LogP contribution in [0, 0.1) is 0 Å². The highest BCUT2D eigenvalue weighted by Crippen LogP contribution is 2.27. The van der Waals surface area contributed by atoms with Gasteiger partial charge in [-0.05, 0) is 32.7 Å². The molecule has 1 nitrogen and oxygen atoms in total. The fraction of sp³-hybridized carbons (Fsp3) is 1.00. The summed E-state index contributed by atoms with van der Waals surface area (Å²) in [4.78, 5) is 2.23. The summed E-state index contributed by atoms with van der Waals surface area (Å²) in [5, 5.41) is 0. The smallest absolute Gasteiger partial charge is 0.116 e. The molecule has 3 atom stereocenters. The minimum Gasteiger partial charge on any atom is -0.298 e. The maximum absolute atomic E-state index is 13.4. The molecule has 1 aliphatic rings. The van der Waals surface area contributed by atoms with Crippen LogP contribution in [-0.4, -0.2) is 30.2 Å². The maximum atomic E-state index is 13.4. The second-order valence-corrected chi connectivity index (χ2v) is 3.80. The Balaban J connectivity index is 2.56. The lowest BCUT2D eigenvalue weighted by atomic mass is 9.92. The highest BCUT2D eigenvalue weighted by Gasteiger charge is 2.32. The highest BCUT2D eigenvalue weighted by atomic mass is 19.1. The van der Waals surface area contributed by atoms with E-state index in [0.717, 1.165) is 25.7 Å². The predicted octanol–water partition coefficient (Wildman–Crippen LogP) is 2.61. The maximum Gasteiger partial charge on any atom is 0.116 e. The number of nitrogens with zero attached hydrogens (tertiary/aromatic N) is 1. The first-order chi connectivity index (χ1) is 5.70. The van der Waals surface area contributed by atoms with Crippen molar-refractivity contribution in [2.75, 3.05) is 7.05 Å². The van der Waals surface area contributed by atoms with E-state index in [1.165, 1.54) is 0 Å². The van der Waals surface area contributed by atoms with E-state index in [1.807, 2.05) is 0 Å². The van der Waals surface area contributed by atoms with Crippen molar-refractivity contribution >= 4 is 0 Å². The fourth-order valence-electron chi connectivity index (χ4n) is 2.31. The second kappa shape index (κ2) is 4.22. The zero-order valence-electron chi connectivity index (χ0n) is 8.39. The van der Waals surface area contributed by atoms with E-state index in [-0.39, 0.29) is 6.04 Å². The molecule has 0 radical (unpaired) electrons. The summed E-state index contributed by atoms with van der Waals surface area (Å²) in [6.45, 7) is 4.26. The largest absolute Gasteiger partial charge is 0.298 e. The number of likely N-dealkylation sites (tertiary alicyclic amines) is 1. The lowest BCUT2D eigenvalue weighted by molar-refractivity contribution is 0.0380. The van der Waals surface area contributed by atoms with Crippen LogP contribution in [-0.2, 0) is 0 Å². The normalized spacial score (nSPS) is 38.5. The van der Waals surface area contributed by atoms with Gasteiger partial charge in [-0.25, -0.2) is 4.39 Å². The van der Waals surface area contributed by atoms with E-state index >= 15 is 0 Å². The molecule has 0 aromatic carbocycles. The molecule has 1 aliphatic heterocycles. The van der Waals surface area contributed by atoms with Gasteiger partial charge in [-0.2, -0.15) is 0 Å². The summed E-state index contributed by atoms with van der Waals surface area (Å²) in [6, 6.07) is 0.783. The standard InChI is InChI=1S/C10H20FN/c1-4-8-6-7-9(11)10(5-2)12(8)3/h8-10H,4-7H2,1-3H3. The van der Waals surface area contributed by atoms with Crippen molar-refractivity contribution in [1.82, 2.24) is 4.90 Å². The van der Waals surface area contributed by atoms with Crippen molar-refractivity contribution in [3.05, 3.63) is 0 Å². The molecule has 3 unspecified atom stereocenters. The van der Waals surface area contributed by atoms with Crippen molar-refractivity contribution < 1.29 is 4.39 Å². The topological polar surface area (TPSA) is 3.24 Å². The molecule has 0 spiro atoms. The predicted molar refractivity (Wildman–Crippen MR) is 50.1 cm³/mol. The zero-order chi connectivity index (χ0) is 9.14. The molecule has 0 saturated carbocycles. The summed E-state index contributed by atoms with van der Waals surface area (Å²) < 4.78 is 13.4. The number of piperidine rings is 1. The first kappa shape index (κ1) is 9.97. The Labute approximate surface area is 74.9 Å². The number of rotatable bonds is 2. The molecular formula is C10H20FN. The molecule has 0 aromatic heterocycles. The summed E-state index contributed by atoms with van der Waals surface area (Å²) in [5.74, 6) is 0. The molecule has 0 aromatic rings. The van der Waals surface area contributed by atoms with Crippen LogP contribution >= 0.6 is 0 Å². The summed E-state index contributed by atoms with van der Waals surface area (Å²) in [5.41, 5.74) is 0. The van der Waals surface area contributed by atoms with Gasteiger partial charge >= 0.3 is 0 Å². The molecule has 72 valence electrons. The zero-order valence-corrected chi connectivity index (χ0v) is 8.39. The molecule has 2 heteroatoms. The van der Waals surface area contributed by atoms with Crippen molar-refractivity contribution in [3.63, 3.8) is 0 Å². The first-order valence-corrected chi connectivity index (χ1v) is 5.06. The van der Waals surface area contributed by atoms with Crippen LogP contribution < -0.4 is 0 Å². The van der Waals surface area contributed by atoms with Crippen LogP contribution in [0.1, 0.15) is 39.5 Å². The quantitative estimate of drug-likeness (QED) is 0.620. The molecule has 1 fully saturated rings. The van der Waals surface area contributed by atoms with Gasteiger partial charge < -0.3 is 0 Å². The minimum absolute atomic E-state index is 0.170. The van der Waals surface area contributed by atoms with Crippen molar-refractivity contribution in [2.45, 2.75) is 57.8 Å². The summed E-state index contributed by atoms with van der Waals surface area (Å²) >= 11 is 0. The van der Waals surface area contributed by atoms with Crippen LogP contribution in [0.15, 0.2) is 0 Å². The fourth-order valence-corrected chi connectivity index (χ4v) is 2.31. The number of halogens is 1. The van der Waals surface area contributed by atoms with Gasteiger partial charge in [0.2, 0.25) is 0 Å². The van der Waals surface area contributed by atoms with Gasteiger partial charge in [0.15, 0.2) is 0 Å². The van der Waals surface area contributed by atoms with Crippen LogP contribution in [0.3, 0.4) is 0 Å². The average Bonchev–Trinajstić information content (AvgIpc) is 2.06. The Morgan fingerprint density at radius 1 is 1.25 bits per heavy atom. The van der Waals surface area contributed by atoms with Crippen molar-refractivity contribution in [1.29, 1.82) is 0 Å². The molecule has 1 heterocycles. The SMILES string of the molecule is CCC1CCC(F)C(CC)N1C. The van der Waals surface area contributed by atoms with Crippen LogP contribution in [0.4, 0.5) is 4.39 Å². The molecule has 1 rings (SSSR count). The van der Waals surface area contributed by atoms with Gasteiger partial charge in [0.05, 0.1) is 0 Å². The van der Waals surface area contributed by atoms with E-state index < -0.39 is 6.17 Å². The first-order valence-electron chi connectivity index (χ1n) is 5.06. The van der Waals surface area contributed by atoms with E-state index in [0.29, 0.717) is 6.04 Å². The van der Waals surface area contributed by atoms with Gasteiger partial charge in [0.25, 0.3) is 0 Å². The lowest BCUT2D eigenvalue weighted by Crippen LogP contribution is -2.49. The molecule has 0 N–H and O–H groups in total. The second-order valence-electron chi connectivity index (χ2n) is 3.80. The Morgan fingerprint density at radius 3 is 2.42 bits per heavy atom. The third-order valence-electron chi connectivity index (χ3n) is 3.18. The van der Waals surface area contributed by atoms with Gasteiger partial charge in [0, 0.05) is 12.1 Å². The third-order valence-corrected chi connectivity index (χ3v) is 3.18. The van der Waals surface area contributed by atoms with Gasteiger partial charge in [-0.15, -0.1) is 0 Å². The summed E-state index contributed by atoms with van der Waals surface area (Å²) in [7, 11) is 2.06. The monoisotopic (exact) mass is 173 g/mol. The van der Waals surface area contributed by atoms with Crippen LogP contribution in [0.2, 0.25) is 0 Å². The minimum atomic E-state index is -0.595. The number of hydrogen-bond donors (Lipinski definition) is 0. The van der Waals surface area contributed by atoms with Crippen molar-refractivity contribution in [2.24, 2.45) is 0 Å². The van der Waals surface area contributed by atoms with Gasteiger partial charge in [-0.3, -0.25) is 4.90 Å². The van der Waals surface area contributed by atoms with Gasteiger partial charge in [-0.1, -0.05) is 13.8 Å². The summed E-state index contributed by atoms with van der Waals surface area (Å²) in [6.07, 6.45) is 3.29. The van der Waals surface area contributed by atoms with Gasteiger partial charge in [0.1, 0.15) is 6.17 Å². The third kappa shape index (κ3) is 1.79. The molecule has 0 aliphatic carbocycles. The number of alkyl halides is 1. The molecule has 12 heavy (non-hydrogen) atoms. The molecule has 0 amide bonds. The molecule has 0 bridgehead atoms. The van der Waals surface area contributed by atoms with Crippen LogP contribution in [0.5, 0.6) is 0 Å². The Morgan fingerprint density at radius 2 is 1.92 bits per heavy atom. The number of hydrogen-bond acceptors (Lipinski definition) is 1. The Kier molecular flexibility index (Phi) is 3.51. The van der Waals surface area contributed by atoms with E-state index in [1.54, 1.807) is 0 Å². The van der Waals surface area contributed by atoms with E-state index in [2.05, 4.69) is 25.8 Å². The van der Waals surface area contributed by atoms with Crippen molar-refractivity contribution in [3.8, 4) is 0 Å². The lowest BCUT2D eigenvalue weighted by Gasteiger charge is -2.40. The average molecular weight is 173 g/mol.